The van der Waals surface area contributed by atoms with E-state index in [9.17, 15) is 4.79 Å². The molecule has 2 aromatic heterocycles. The number of aromatic nitrogens is 3. The van der Waals surface area contributed by atoms with E-state index in [1.807, 2.05) is 41.8 Å². The Hall–Kier alpha value is -3.03. The molecule has 29 heavy (non-hydrogen) atoms. The Morgan fingerprint density at radius 1 is 1.07 bits per heavy atom. The highest BCUT2D eigenvalue weighted by Gasteiger charge is 2.10. The van der Waals surface area contributed by atoms with Crippen molar-refractivity contribution in [2.24, 2.45) is 0 Å². The van der Waals surface area contributed by atoms with Crippen LogP contribution in [0.4, 0.5) is 5.69 Å². The Morgan fingerprint density at radius 3 is 2.55 bits per heavy atom. The normalized spacial score (nSPS) is 10.8. The molecule has 0 aliphatic carbocycles. The summed E-state index contributed by atoms with van der Waals surface area (Å²) in [6, 6.07) is 14.9. The van der Waals surface area contributed by atoms with E-state index in [4.69, 9.17) is 16.1 Å². The molecule has 2 heterocycles. The van der Waals surface area contributed by atoms with Gasteiger partial charge in [0.25, 0.3) is 0 Å². The number of halogens is 1. The van der Waals surface area contributed by atoms with Gasteiger partial charge in [-0.25, -0.2) is 4.98 Å². The standard InChI is InChI=1S/C21H17ClN4O2S/c22-16-8-4-14(5-9-16)20-25-19(28-26-20)3-1-2-18(27)24-17-10-6-15(7-11-17)21-23-12-13-29-21/h4-13H,1-3H2,(H,24,27). The maximum Gasteiger partial charge on any atom is 0.226 e. The number of rotatable bonds is 7. The van der Waals surface area contributed by atoms with E-state index >= 15 is 0 Å². The van der Waals surface area contributed by atoms with E-state index in [-0.39, 0.29) is 5.91 Å². The summed E-state index contributed by atoms with van der Waals surface area (Å²) in [6.45, 7) is 0. The van der Waals surface area contributed by atoms with Gasteiger partial charge < -0.3 is 9.84 Å². The molecule has 0 radical (unpaired) electrons. The predicted octanol–water partition coefficient (Wildman–Crippen LogP) is 5.47. The van der Waals surface area contributed by atoms with Gasteiger partial charge in [0.2, 0.25) is 17.6 Å². The number of anilines is 1. The topological polar surface area (TPSA) is 80.9 Å². The van der Waals surface area contributed by atoms with Crippen molar-refractivity contribution in [2.45, 2.75) is 19.3 Å². The molecule has 0 unspecified atom stereocenters. The minimum atomic E-state index is -0.0514. The summed E-state index contributed by atoms with van der Waals surface area (Å²) in [5, 5.41) is 10.4. The van der Waals surface area contributed by atoms with Gasteiger partial charge in [-0.2, -0.15) is 4.98 Å². The second-order valence-electron chi connectivity index (χ2n) is 6.33. The fraction of sp³-hybridized carbons (Fsp3) is 0.143. The maximum absolute atomic E-state index is 12.2. The highest BCUT2D eigenvalue weighted by Crippen LogP contribution is 2.23. The van der Waals surface area contributed by atoms with Gasteiger partial charge in [0.1, 0.15) is 5.01 Å². The maximum atomic E-state index is 12.2. The van der Waals surface area contributed by atoms with Crippen molar-refractivity contribution in [2.75, 3.05) is 5.32 Å². The summed E-state index contributed by atoms with van der Waals surface area (Å²) in [4.78, 5) is 20.8. The molecular weight excluding hydrogens is 408 g/mol. The lowest BCUT2D eigenvalue weighted by Crippen LogP contribution is -2.11. The molecule has 0 fully saturated rings. The van der Waals surface area contributed by atoms with Crippen LogP contribution in [-0.4, -0.2) is 21.0 Å². The van der Waals surface area contributed by atoms with Gasteiger partial charge in [-0.3, -0.25) is 4.79 Å². The lowest BCUT2D eigenvalue weighted by atomic mass is 10.2. The van der Waals surface area contributed by atoms with Gasteiger partial charge in [-0.05, 0) is 55.0 Å². The average Bonchev–Trinajstić information content (AvgIpc) is 3.42. The highest BCUT2D eigenvalue weighted by atomic mass is 35.5. The first-order chi connectivity index (χ1) is 14.2. The van der Waals surface area contributed by atoms with Gasteiger partial charge in [-0.15, -0.1) is 11.3 Å². The van der Waals surface area contributed by atoms with Crippen LogP contribution in [0.25, 0.3) is 22.0 Å². The van der Waals surface area contributed by atoms with Crippen molar-refractivity contribution in [1.82, 2.24) is 15.1 Å². The van der Waals surface area contributed by atoms with Crippen LogP contribution in [0.5, 0.6) is 0 Å². The minimum Gasteiger partial charge on any atom is -0.339 e. The number of nitrogens with one attached hydrogen (secondary N) is 1. The van der Waals surface area contributed by atoms with E-state index in [1.165, 1.54) is 0 Å². The molecule has 4 aromatic rings. The van der Waals surface area contributed by atoms with Gasteiger partial charge >= 0.3 is 0 Å². The molecule has 0 aliphatic rings. The Labute approximate surface area is 176 Å². The van der Waals surface area contributed by atoms with Crippen LogP contribution in [0.3, 0.4) is 0 Å². The number of aryl methyl sites for hydroxylation is 1. The average molecular weight is 425 g/mol. The summed E-state index contributed by atoms with van der Waals surface area (Å²) in [6.07, 6.45) is 3.30. The van der Waals surface area contributed by atoms with E-state index in [0.29, 0.717) is 36.0 Å². The van der Waals surface area contributed by atoms with Crippen molar-refractivity contribution in [1.29, 1.82) is 0 Å². The van der Waals surface area contributed by atoms with Crippen molar-refractivity contribution in [3.05, 3.63) is 71.0 Å². The summed E-state index contributed by atoms with van der Waals surface area (Å²) in [5.74, 6) is 0.974. The Balaban J connectivity index is 1.25. The second-order valence-corrected chi connectivity index (χ2v) is 7.67. The van der Waals surface area contributed by atoms with E-state index in [0.717, 1.165) is 21.8 Å². The van der Waals surface area contributed by atoms with Crippen molar-refractivity contribution >= 4 is 34.5 Å². The van der Waals surface area contributed by atoms with E-state index in [1.54, 1.807) is 29.7 Å². The van der Waals surface area contributed by atoms with E-state index < -0.39 is 0 Å². The number of thiazole rings is 1. The van der Waals surface area contributed by atoms with Crippen LogP contribution < -0.4 is 5.32 Å². The minimum absolute atomic E-state index is 0.0514. The van der Waals surface area contributed by atoms with Crippen molar-refractivity contribution in [3.8, 4) is 22.0 Å². The first-order valence-corrected chi connectivity index (χ1v) is 10.3. The second kappa shape index (κ2) is 8.98. The molecule has 1 N–H and O–H groups in total. The lowest BCUT2D eigenvalue weighted by molar-refractivity contribution is -0.116. The van der Waals surface area contributed by atoms with Crippen LogP contribution in [0.2, 0.25) is 5.02 Å². The molecule has 4 rings (SSSR count). The van der Waals surface area contributed by atoms with Crippen LogP contribution in [-0.2, 0) is 11.2 Å². The molecule has 6 nitrogen and oxygen atoms in total. The molecule has 0 spiro atoms. The quantitative estimate of drug-likeness (QED) is 0.425. The summed E-state index contributed by atoms with van der Waals surface area (Å²) >= 11 is 7.47. The number of amides is 1. The molecule has 146 valence electrons. The molecule has 0 saturated heterocycles. The number of benzene rings is 2. The zero-order chi connectivity index (χ0) is 20.1. The molecule has 2 aromatic carbocycles. The summed E-state index contributed by atoms with van der Waals surface area (Å²) in [5.41, 5.74) is 2.63. The Kier molecular flexibility index (Phi) is 5.97. The molecule has 0 aliphatic heterocycles. The third-order valence-corrected chi connectivity index (χ3v) is 5.29. The third kappa shape index (κ3) is 5.07. The Bertz CT molecular complexity index is 1080. The number of hydrogen-bond acceptors (Lipinski definition) is 6. The molecule has 0 bridgehead atoms. The smallest absolute Gasteiger partial charge is 0.226 e. The first kappa shape index (κ1) is 19.3. The highest BCUT2D eigenvalue weighted by molar-refractivity contribution is 7.13. The SMILES string of the molecule is O=C(CCCc1nc(-c2ccc(Cl)cc2)no1)Nc1ccc(-c2nccs2)cc1. The number of carbonyl (C=O) groups excluding carboxylic acids is 1. The molecule has 1 amide bonds. The summed E-state index contributed by atoms with van der Waals surface area (Å²) in [7, 11) is 0. The van der Waals surface area contributed by atoms with Gasteiger partial charge in [0.15, 0.2) is 0 Å². The van der Waals surface area contributed by atoms with Crippen molar-refractivity contribution < 1.29 is 9.32 Å². The zero-order valence-corrected chi connectivity index (χ0v) is 16.9. The van der Waals surface area contributed by atoms with Gasteiger partial charge in [0, 0.05) is 46.3 Å². The summed E-state index contributed by atoms with van der Waals surface area (Å²) < 4.78 is 5.27. The fourth-order valence-corrected chi connectivity index (χ4v) is 3.53. The number of nitrogens with zero attached hydrogens (tertiary/aromatic N) is 3. The van der Waals surface area contributed by atoms with Crippen LogP contribution in [0.1, 0.15) is 18.7 Å². The third-order valence-electron chi connectivity index (χ3n) is 4.21. The van der Waals surface area contributed by atoms with Crippen LogP contribution in [0, 0.1) is 0 Å². The number of carbonyl (C=O) groups is 1. The van der Waals surface area contributed by atoms with Gasteiger partial charge in [-0.1, -0.05) is 16.8 Å². The molecule has 0 saturated carbocycles. The molecule has 8 heteroatoms. The van der Waals surface area contributed by atoms with Crippen LogP contribution in [0.15, 0.2) is 64.6 Å². The number of hydrogen-bond donors (Lipinski definition) is 1. The Morgan fingerprint density at radius 2 is 1.83 bits per heavy atom. The van der Waals surface area contributed by atoms with Crippen LogP contribution >= 0.6 is 22.9 Å². The molecule has 0 atom stereocenters. The predicted molar refractivity (Wildman–Crippen MR) is 114 cm³/mol. The monoisotopic (exact) mass is 424 g/mol. The van der Waals surface area contributed by atoms with E-state index in [2.05, 4.69) is 20.4 Å². The van der Waals surface area contributed by atoms with Crippen molar-refractivity contribution in [3.63, 3.8) is 0 Å². The lowest BCUT2D eigenvalue weighted by Gasteiger charge is -2.05. The molecular formula is C21H17ClN4O2S. The van der Waals surface area contributed by atoms with Gasteiger partial charge in [0.05, 0.1) is 0 Å². The largest absolute Gasteiger partial charge is 0.339 e. The first-order valence-electron chi connectivity index (χ1n) is 9.06. The fourth-order valence-electron chi connectivity index (χ4n) is 2.76. The zero-order valence-electron chi connectivity index (χ0n) is 15.3.